The van der Waals surface area contributed by atoms with E-state index in [9.17, 15) is 0 Å². The standard InChI is InChI=1S/C14H18/c1-2-12-7-6-10-14(11-12)13-8-4-3-5-9-13/h2,4,8-9,11H,3,5-7,10H2,1H3/b12-2+. The van der Waals surface area contributed by atoms with Crippen molar-refractivity contribution in [3.63, 3.8) is 0 Å². The van der Waals surface area contributed by atoms with Crippen molar-refractivity contribution in [3.8, 4) is 0 Å². The first-order valence-corrected chi connectivity index (χ1v) is 5.63. The fourth-order valence-electron chi connectivity index (χ4n) is 2.16. The Kier molecular flexibility index (Phi) is 3.03. The molecule has 0 aromatic heterocycles. The van der Waals surface area contributed by atoms with Gasteiger partial charge >= 0.3 is 0 Å². The van der Waals surface area contributed by atoms with Gasteiger partial charge in [0, 0.05) is 0 Å². The van der Waals surface area contributed by atoms with E-state index in [2.05, 4.69) is 37.3 Å². The van der Waals surface area contributed by atoms with Gasteiger partial charge in [-0.1, -0.05) is 36.0 Å². The molecule has 0 heteroatoms. The maximum atomic E-state index is 2.38. The van der Waals surface area contributed by atoms with Crippen LogP contribution in [-0.4, -0.2) is 0 Å². The smallest absolute Gasteiger partial charge is 0.0267 e. The highest BCUT2D eigenvalue weighted by atomic mass is 14.1. The molecule has 0 amide bonds. The molecule has 2 aliphatic carbocycles. The Bertz CT molecular complexity index is 324. The lowest BCUT2D eigenvalue weighted by Crippen LogP contribution is -1.98. The van der Waals surface area contributed by atoms with E-state index < -0.39 is 0 Å². The van der Waals surface area contributed by atoms with Gasteiger partial charge in [0.2, 0.25) is 0 Å². The molecule has 0 radical (unpaired) electrons. The van der Waals surface area contributed by atoms with E-state index in [-0.39, 0.29) is 0 Å². The first-order valence-electron chi connectivity index (χ1n) is 5.63. The number of hydrogen-bond donors (Lipinski definition) is 0. The second kappa shape index (κ2) is 4.45. The second-order valence-corrected chi connectivity index (χ2v) is 4.03. The predicted molar refractivity (Wildman–Crippen MR) is 62.1 cm³/mol. The fourth-order valence-corrected chi connectivity index (χ4v) is 2.16. The largest absolute Gasteiger partial charge is 0.0844 e. The quantitative estimate of drug-likeness (QED) is 0.572. The van der Waals surface area contributed by atoms with Crippen molar-refractivity contribution in [1.82, 2.24) is 0 Å². The molecule has 2 rings (SSSR count). The summed E-state index contributed by atoms with van der Waals surface area (Å²) in [5, 5.41) is 0. The molecule has 0 aliphatic heterocycles. The van der Waals surface area contributed by atoms with Gasteiger partial charge < -0.3 is 0 Å². The minimum Gasteiger partial charge on any atom is -0.0844 e. The summed E-state index contributed by atoms with van der Waals surface area (Å²) < 4.78 is 0. The summed E-state index contributed by atoms with van der Waals surface area (Å²) in [6.45, 7) is 2.14. The fraction of sp³-hybridized carbons (Fsp3) is 0.429. The Balaban J connectivity index is 2.21. The zero-order valence-electron chi connectivity index (χ0n) is 8.92. The third-order valence-electron chi connectivity index (χ3n) is 3.01. The average Bonchev–Trinajstić information content (AvgIpc) is 2.30. The van der Waals surface area contributed by atoms with Crippen LogP contribution in [0.3, 0.4) is 0 Å². The Hall–Kier alpha value is -1.04. The minimum atomic E-state index is 1.22. The van der Waals surface area contributed by atoms with Crippen LogP contribution in [-0.2, 0) is 0 Å². The normalized spacial score (nSPS) is 24.8. The molecule has 0 bridgehead atoms. The van der Waals surface area contributed by atoms with Crippen molar-refractivity contribution < 1.29 is 0 Å². The molecule has 74 valence electrons. The molecular weight excluding hydrogens is 168 g/mol. The summed E-state index contributed by atoms with van der Waals surface area (Å²) in [7, 11) is 0. The lowest BCUT2D eigenvalue weighted by molar-refractivity contribution is 0.788. The molecule has 0 aromatic rings. The summed E-state index contributed by atoms with van der Waals surface area (Å²) in [6.07, 6.45) is 17.8. The van der Waals surface area contributed by atoms with E-state index in [0.717, 1.165) is 0 Å². The summed E-state index contributed by atoms with van der Waals surface area (Å²) in [4.78, 5) is 0. The lowest BCUT2D eigenvalue weighted by Gasteiger charge is -2.17. The van der Waals surface area contributed by atoms with Gasteiger partial charge in [0.15, 0.2) is 0 Å². The third kappa shape index (κ3) is 2.06. The van der Waals surface area contributed by atoms with Crippen molar-refractivity contribution >= 4 is 0 Å². The number of hydrogen-bond acceptors (Lipinski definition) is 0. The van der Waals surface area contributed by atoms with Crippen LogP contribution in [0, 0.1) is 0 Å². The molecule has 14 heavy (non-hydrogen) atoms. The summed E-state index contributed by atoms with van der Waals surface area (Å²) >= 11 is 0. The van der Waals surface area contributed by atoms with Crippen molar-refractivity contribution in [2.75, 3.05) is 0 Å². The highest BCUT2D eigenvalue weighted by Gasteiger charge is 2.10. The van der Waals surface area contributed by atoms with Crippen LogP contribution in [0.4, 0.5) is 0 Å². The molecule has 0 spiro atoms. The van der Waals surface area contributed by atoms with Crippen LogP contribution in [0.15, 0.2) is 47.1 Å². The monoisotopic (exact) mass is 186 g/mol. The zero-order chi connectivity index (χ0) is 9.80. The second-order valence-electron chi connectivity index (χ2n) is 4.03. The van der Waals surface area contributed by atoms with Crippen LogP contribution in [0.5, 0.6) is 0 Å². The van der Waals surface area contributed by atoms with Crippen LogP contribution < -0.4 is 0 Å². The Morgan fingerprint density at radius 1 is 1.21 bits per heavy atom. The number of rotatable bonds is 1. The van der Waals surface area contributed by atoms with Crippen LogP contribution in [0.1, 0.15) is 39.0 Å². The molecule has 0 fully saturated rings. The molecule has 0 N–H and O–H groups in total. The molecule has 0 saturated carbocycles. The first-order chi connectivity index (χ1) is 6.90. The maximum absolute atomic E-state index is 2.38. The van der Waals surface area contributed by atoms with E-state index in [0.29, 0.717) is 0 Å². The van der Waals surface area contributed by atoms with Crippen molar-refractivity contribution in [3.05, 3.63) is 47.1 Å². The minimum absolute atomic E-state index is 1.22. The van der Waals surface area contributed by atoms with Crippen molar-refractivity contribution in [2.45, 2.75) is 39.0 Å². The summed E-state index contributed by atoms with van der Waals surface area (Å²) in [5.74, 6) is 0. The van der Waals surface area contributed by atoms with Gasteiger partial charge in [-0.25, -0.2) is 0 Å². The van der Waals surface area contributed by atoms with Crippen LogP contribution in [0.2, 0.25) is 0 Å². The molecule has 0 heterocycles. The van der Waals surface area contributed by atoms with E-state index in [1.165, 1.54) is 43.3 Å². The Labute approximate surface area is 86.7 Å². The lowest BCUT2D eigenvalue weighted by atomic mass is 9.88. The van der Waals surface area contributed by atoms with Crippen molar-refractivity contribution in [2.24, 2.45) is 0 Å². The van der Waals surface area contributed by atoms with E-state index in [1.807, 2.05) is 0 Å². The topological polar surface area (TPSA) is 0 Å². The maximum Gasteiger partial charge on any atom is -0.0267 e. The van der Waals surface area contributed by atoms with Crippen LogP contribution >= 0.6 is 0 Å². The summed E-state index contributed by atoms with van der Waals surface area (Å²) in [6, 6.07) is 0. The first kappa shape index (κ1) is 9.51. The van der Waals surface area contributed by atoms with Gasteiger partial charge in [0.25, 0.3) is 0 Å². The average molecular weight is 186 g/mol. The molecule has 0 atom stereocenters. The van der Waals surface area contributed by atoms with Gasteiger partial charge in [-0.2, -0.15) is 0 Å². The molecule has 0 saturated heterocycles. The third-order valence-corrected chi connectivity index (χ3v) is 3.01. The van der Waals surface area contributed by atoms with Gasteiger partial charge in [-0.05, 0) is 50.2 Å². The highest BCUT2D eigenvalue weighted by Crippen LogP contribution is 2.29. The van der Waals surface area contributed by atoms with Gasteiger partial charge in [0.05, 0.1) is 0 Å². The van der Waals surface area contributed by atoms with E-state index in [1.54, 1.807) is 5.57 Å². The highest BCUT2D eigenvalue weighted by molar-refractivity contribution is 5.46. The van der Waals surface area contributed by atoms with Gasteiger partial charge in [-0.3, -0.25) is 0 Å². The molecule has 0 nitrogen and oxygen atoms in total. The Morgan fingerprint density at radius 3 is 2.86 bits per heavy atom. The molecule has 2 aliphatic rings. The predicted octanol–water partition coefficient (Wildman–Crippen LogP) is 4.32. The molecule has 0 unspecified atom stereocenters. The molecule has 0 aromatic carbocycles. The van der Waals surface area contributed by atoms with E-state index >= 15 is 0 Å². The molecular formula is C14H18. The number of allylic oxidation sites excluding steroid dienone is 8. The van der Waals surface area contributed by atoms with Gasteiger partial charge in [-0.15, -0.1) is 0 Å². The van der Waals surface area contributed by atoms with Crippen molar-refractivity contribution in [1.29, 1.82) is 0 Å². The Morgan fingerprint density at radius 2 is 2.14 bits per heavy atom. The zero-order valence-corrected chi connectivity index (χ0v) is 8.92. The summed E-state index contributed by atoms with van der Waals surface area (Å²) in [5.41, 5.74) is 4.52. The van der Waals surface area contributed by atoms with Crippen LogP contribution in [0.25, 0.3) is 0 Å². The SMILES string of the molecule is C/C=C1/C=C(C2=CCCC=C2)CCC1. The van der Waals surface area contributed by atoms with Gasteiger partial charge in [0.1, 0.15) is 0 Å². The van der Waals surface area contributed by atoms with E-state index in [4.69, 9.17) is 0 Å².